The molecule has 1 unspecified atom stereocenters. The molecule has 6 nitrogen and oxygen atoms in total. The van der Waals surface area contributed by atoms with Crippen LogP contribution in [0.4, 0.5) is 5.82 Å². The smallest absolute Gasteiger partial charge is 0.147 e. The number of nitrogens with zero attached hydrogens (tertiary/aromatic N) is 4. The first-order valence-electron chi connectivity index (χ1n) is 7.58. The van der Waals surface area contributed by atoms with Crippen LogP contribution in [0.3, 0.4) is 0 Å². The van der Waals surface area contributed by atoms with Crippen molar-refractivity contribution in [2.75, 3.05) is 25.1 Å². The van der Waals surface area contributed by atoms with Gasteiger partial charge < -0.3 is 15.0 Å². The van der Waals surface area contributed by atoms with Crippen LogP contribution in [0.5, 0.6) is 5.75 Å². The summed E-state index contributed by atoms with van der Waals surface area (Å²) in [6, 6.07) is 2.43. The summed E-state index contributed by atoms with van der Waals surface area (Å²) in [7, 11) is 1.68. The predicted molar refractivity (Wildman–Crippen MR) is 84.9 cm³/mol. The molecular weight excluding hydrogens is 278 g/mol. The van der Waals surface area contributed by atoms with Crippen molar-refractivity contribution >= 4 is 5.82 Å². The number of nitrogens with one attached hydrogen (secondary N) is 1. The van der Waals surface area contributed by atoms with Crippen LogP contribution >= 0.6 is 0 Å². The van der Waals surface area contributed by atoms with Gasteiger partial charge in [-0.05, 0) is 18.9 Å². The summed E-state index contributed by atoms with van der Waals surface area (Å²) in [4.78, 5) is 14.9. The Labute approximate surface area is 130 Å². The van der Waals surface area contributed by atoms with E-state index in [1.54, 1.807) is 31.9 Å². The molecule has 0 bridgehead atoms. The highest BCUT2D eigenvalue weighted by atomic mass is 16.5. The van der Waals surface area contributed by atoms with Crippen LogP contribution in [-0.2, 0) is 6.54 Å². The summed E-state index contributed by atoms with van der Waals surface area (Å²) in [5.41, 5.74) is 1.13. The minimum atomic E-state index is 0.439. The number of methoxy groups -OCH3 is 1. The van der Waals surface area contributed by atoms with E-state index in [4.69, 9.17) is 4.74 Å². The van der Waals surface area contributed by atoms with Gasteiger partial charge in [0.05, 0.1) is 19.5 Å². The highest BCUT2D eigenvalue weighted by Crippen LogP contribution is 2.19. The molecule has 1 N–H and O–H groups in total. The van der Waals surface area contributed by atoms with Crippen molar-refractivity contribution in [1.82, 2.24) is 20.3 Å². The first-order chi connectivity index (χ1) is 10.9. The van der Waals surface area contributed by atoms with E-state index in [9.17, 15) is 0 Å². The first-order valence-corrected chi connectivity index (χ1v) is 7.58. The monoisotopic (exact) mass is 299 g/mol. The lowest BCUT2D eigenvalue weighted by molar-refractivity contribution is 0.392. The third-order valence-electron chi connectivity index (χ3n) is 3.97. The molecule has 0 spiro atoms. The summed E-state index contributed by atoms with van der Waals surface area (Å²) in [6.45, 7) is 2.77. The van der Waals surface area contributed by atoms with Crippen LogP contribution < -0.4 is 15.0 Å². The van der Waals surface area contributed by atoms with Gasteiger partial charge in [-0.1, -0.05) is 0 Å². The molecule has 2 aromatic heterocycles. The van der Waals surface area contributed by atoms with E-state index in [2.05, 4.69) is 25.2 Å². The molecule has 3 rings (SSSR count). The van der Waals surface area contributed by atoms with Crippen molar-refractivity contribution in [2.45, 2.75) is 25.4 Å². The van der Waals surface area contributed by atoms with Crippen molar-refractivity contribution in [3.8, 4) is 5.75 Å². The van der Waals surface area contributed by atoms with E-state index in [0.717, 1.165) is 43.2 Å². The standard InChI is InChI=1S/C16H21N5O/c1-22-15-10-17-5-4-13(15)9-20-14-3-2-8-21(12-14)16-11-18-6-7-19-16/h4-7,10-11,14,20H,2-3,8-9,12H2,1H3. The fourth-order valence-corrected chi connectivity index (χ4v) is 2.80. The number of hydrogen-bond donors (Lipinski definition) is 1. The maximum Gasteiger partial charge on any atom is 0.147 e. The molecule has 116 valence electrons. The molecule has 3 heterocycles. The number of aromatic nitrogens is 3. The molecule has 6 heteroatoms. The van der Waals surface area contributed by atoms with Gasteiger partial charge in [-0.25, -0.2) is 4.98 Å². The van der Waals surface area contributed by atoms with Gasteiger partial charge in [-0.3, -0.25) is 9.97 Å². The lowest BCUT2D eigenvalue weighted by Crippen LogP contribution is -2.45. The summed E-state index contributed by atoms with van der Waals surface area (Å²) in [5.74, 6) is 1.78. The maximum absolute atomic E-state index is 5.34. The number of hydrogen-bond acceptors (Lipinski definition) is 6. The second-order valence-corrected chi connectivity index (χ2v) is 5.42. The minimum absolute atomic E-state index is 0.439. The van der Waals surface area contributed by atoms with Crippen molar-refractivity contribution in [3.63, 3.8) is 0 Å². The largest absolute Gasteiger partial charge is 0.495 e. The Morgan fingerprint density at radius 3 is 3.00 bits per heavy atom. The van der Waals surface area contributed by atoms with Gasteiger partial charge in [0.2, 0.25) is 0 Å². The molecule has 1 saturated heterocycles. The first kappa shape index (κ1) is 14.7. The molecule has 0 saturated carbocycles. The Kier molecular flexibility index (Phi) is 4.80. The molecule has 1 aliphatic heterocycles. The lowest BCUT2D eigenvalue weighted by Gasteiger charge is -2.34. The second kappa shape index (κ2) is 7.17. The molecule has 1 aliphatic rings. The van der Waals surface area contributed by atoms with E-state index < -0.39 is 0 Å². The van der Waals surface area contributed by atoms with Gasteiger partial charge in [0.1, 0.15) is 11.6 Å². The molecular formula is C16H21N5O. The van der Waals surface area contributed by atoms with E-state index in [-0.39, 0.29) is 0 Å². The summed E-state index contributed by atoms with van der Waals surface area (Å²) >= 11 is 0. The normalized spacial score (nSPS) is 18.2. The second-order valence-electron chi connectivity index (χ2n) is 5.42. The molecule has 2 aromatic rings. The van der Waals surface area contributed by atoms with E-state index in [0.29, 0.717) is 6.04 Å². The topological polar surface area (TPSA) is 63.2 Å². The molecule has 1 atom stereocenters. The van der Waals surface area contributed by atoms with Crippen molar-refractivity contribution in [2.24, 2.45) is 0 Å². The average molecular weight is 299 g/mol. The zero-order chi connectivity index (χ0) is 15.2. The summed E-state index contributed by atoms with van der Waals surface area (Å²) < 4.78 is 5.34. The Bertz CT molecular complexity index is 592. The van der Waals surface area contributed by atoms with Crippen LogP contribution in [-0.4, -0.2) is 41.2 Å². The van der Waals surface area contributed by atoms with Crippen LogP contribution in [0.1, 0.15) is 18.4 Å². The lowest BCUT2D eigenvalue weighted by atomic mass is 10.1. The number of piperidine rings is 1. The minimum Gasteiger partial charge on any atom is -0.495 e. The Morgan fingerprint density at radius 2 is 2.18 bits per heavy atom. The number of rotatable bonds is 5. The highest BCUT2D eigenvalue weighted by Gasteiger charge is 2.20. The van der Waals surface area contributed by atoms with Gasteiger partial charge in [-0.15, -0.1) is 0 Å². The summed E-state index contributed by atoms with van der Waals surface area (Å²) in [6.07, 6.45) is 11.2. The number of anilines is 1. The summed E-state index contributed by atoms with van der Waals surface area (Å²) in [5, 5.41) is 3.61. The molecule has 0 radical (unpaired) electrons. The third-order valence-corrected chi connectivity index (χ3v) is 3.97. The van der Waals surface area contributed by atoms with Crippen LogP contribution in [0, 0.1) is 0 Å². The zero-order valence-electron chi connectivity index (χ0n) is 12.8. The van der Waals surface area contributed by atoms with E-state index >= 15 is 0 Å². The predicted octanol–water partition coefficient (Wildman–Crippen LogP) is 1.64. The van der Waals surface area contributed by atoms with Crippen molar-refractivity contribution in [3.05, 3.63) is 42.6 Å². The van der Waals surface area contributed by atoms with Crippen LogP contribution in [0.15, 0.2) is 37.1 Å². The Morgan fingerprint density at radius 1 is 1.27 bits per heavy atom. The quantitative estimate of drug-likeness (QED) is 0.905. The van der Waals surface area contributed by atoms with Crippen molar-refractivity contribution in [1.29, 1.82) is 0 Å². The Balaban J connectivity index is 1.59. The fourth-order valence-electron chi connectivity index (χ4n) is 2.80. The third kappa shape index (κ3) is 3.51. The van der Waals surface area contributed by atoms with E-state index in [1.165, 1.54) is 6.42 Å². The highest BCUT2D eigenvalue weighted by molar-refractivity contribution is 5.36. The number of ether oxygens (including phenoxy) is 1. The molecule has 0 amide bonds. The molecule has 22 heavy (non-hydrogen) atoms. The van der Waals surface area contributed by atoms with Gasteiger partial charge in [0.25, 0.3) is 0 Å². The average Bonchev–Trinajstić information content (AvgIpc) is 2.61. The van der Waals surface area contributed by atoms with Crippen LogP contribution in [0.25, 0.3) is 0 Å². The van der Waals surface area contributed by atoms with Gasteiger partial charge in [0, 0.05) is 49.8 Å². The molecule has 0 aromatic carbocycles. The van der Waals surface area contributed by atoms with Gasteiger partial charge in [0.15, 0.2) is 0 Å². The maximum atomic E-state index is 5.34. The zero-order valence-corrected chi connectivity index (χ0v) is 12.8. The van der Waals surface area contributed by atoms with Gasteiger partial charge in [-0.2, -0.15) is 0 Å². The van der Waals surface area contributed by atoms with E-state index in [1.807, 2.05) is 12.3 Å². The number of pyridine rings is 1. The molecule has 0 aliphatic carbocycles. The SMILES string of the molecule is COc1cnccc1CNC1CCCN(c2cnccn2)C1. The fraction of sp³-hybridized carbons (Fsp3) is 0.438. The van der Waals surface area contributed by atoms with Crippen molar-refractivity contribution < 1.29 is 4.74 Å². The Hall–Kier alpha value is -2.21. The van der Waals surface area contributed by atoms with Crippen LogP contribution in [0.2, 0.25) is 0 Å². The van der Waals surface area contributed by atoms with Gasteiger partial charge >= 0.3 is 0 Å². The molecule has 1 fully saturated rings.